The Labute approximate surface area is 47.3 Å². The average Bonchev–Trinajstić information content (AvgIpc) is 1.90. The minimum atomic E-state index is 0.681. The number of rotatable bonds is 1. The van der Waals surface area contributed by atoms with Crippen LogP contribution in [0.25, 0.3) is 0 Å². The van der Waals surface area contributed by atoms with Crippen LogP contribution < -0.4 is 4.74 Å². The molecule has 1 aromatic rings. The largest absolute Gasteiger partial charge is 0.495 e. The van der Waals surface area contributed by atoms with Crippen LogP contribution in [0.5, 0.6) is 5.75 Å². The van der Waals surface area contributed by atoms with Crippen molar-refractivity contribution in [2.45, 2.75) is 0 Å². The van der Waals surface area contributed by atoms with Gasteiger partial charge in [0, 0.05) is 6.07 Å². The van der Waals surface area contributed by atoms with Crippen molar-refractivity contribution in [3.8, 4) is 5.75 Å². The number of methoxy groups -OCH3 is 1. The van der Waals surface area contributed by atoms with Crippen LogP contribution in [0.15, 0.2) is 12.3 Å². The number of aromatic nitrogens is 2. The van der Waals surface area contributed by atoms with Crippen molar-refractivity contribution in [2.75, 3.05) is 7.11 Å². The third-order valence-electron chi connectivity index (χ3n) is 0.743. The van der Waals surface area contributed by atoms with E-state index in [1.165, 1.54) is 6.20 Å². The van der Waals surface area contributed by atoms with Gasteiger partial charge in [-0.3, -0.25) is 0 Å². The highest BCUT2D eigenvalue weighted by atomic mass is 16.5. The predicted molar refractivity (Wildman–Crippen MR) is 27.4 cm³/mol. The molecule has 3 nitrogen and oxygen atoms in total. The number of nitrogens with zero attached hydrogens (tertiary/aromatic N) is 2. The van der Waals surface area contributed by atoms with E-state index in [9.17, 15) is 0 Å². The molecule has 0 aromatic carbocycles. The second-order valence-electron chi connectivity index (χ2n) is 1.22. The highest BCUT2D eigenvalue weighted by molar-refractivity contribution is 5.11. The summed E-state index contributed by atoms with van der Waals surface area (Å²) in [6.45, 7) is 0. The topological polar surface area (TPSA) is 35.0 Å². The van der Waals surface area contributed by atoms with E-state index >= 15 is 0 Å². The minimum Gasteiger partial charge on any atom is -0.495 e. The van der Waals surface area contributed by atoms with E-state index in [2.05, 4.69) is 16.4 Å². The van der Waals surface area contributed by atoms with Crippen LogP contribution in [-0.2, 0) is 0 Å². The molecular weight excluding hydrogens is 104 g/mol. The Morgan fingerprint density at radius 3 is 3.00 bits per heavy atom. The number of hydrogen-bond donors (Lipinski definition) is 0. The summed E-state index contributed by atoms with van der Waals surface area (Å²) >= 11 is 0. The molecule has 0 aliphatic heterocycles. The van der Waals surface area contributed by atoms with Gasteiger partial charge in [-0.25, -0.2) is 0 Å². The van der Waals surface area contributed by atoms with E-state index in [0.29, 0.717) is 5.75 Å². The van der Waals surface area contributed by atoms with Crippen LogP contribution in [-0.4, -0.2) is 17.3 Å². The molecule has 0 saturated heterocycles. The molecule has 0 aliphatic carbocycles. The van der Waals surface area contributed by atoms with Crippen molar-refractivity contribution in [1.29, 1.82) is 0 Å². The maximum atomic E-state index is 4.78. The Morgan fingerprint density at radius 1 is 1.75 bits per heavy atom. The lowest BCUT2D eigenvalue weighted by Crippen LogP contribution is -1.84. The molecule has 41 valence electrons. The molecule has 0 fully saturated rings. The monoisotopic (exact) mass is 109 g/mol. The summed E-state index contributed by atoms with van der Waals surface area (Å²) in [6.07, 6.45) is 4.05. The summed E-state index contributed by atoms with van der Waals surface area (Å²) < 4.78 is 4.78. The zero-order valence-electron chi connectivity index (χ0n) is 4.46. The lowest BCUT2D eigenvalue weighted by molar-refractivity contribution is 0.411. The van der Waals surface area contributed by atoms with Crippen LogP contribution in [0.2, 0.25) is 0 Å². The molecule has 1 rings (SSSR count). The van der Waals surface area contributed by atoms with E-state index in [1.807, 2.05) is 0 Å². The fraction of sp³-hybridized carbons (Fsp3) is 0.200. The van der Waals surface area contributed by atoms with Gasteiger partial charge in [-0.2, -0.15) is 5.10 Å². The molecule has 0 bridgehead atoms. The smallest absolute Gasteiger partial charge is 0.141 e. The fourth-order valence-corrected chi connectivity index (χ4v) is 0.360. The first-order valence-corrected chi connectivity index (χ1v) is 2.16. The van der Waals surface area contributed by atoms with Crippen LogP contribution in [0.4, 0.5) is 0 Å². The molecule has 1 aromatic heterocycles. The number of ether oxygens (including phenoxy) is 1. The highest BCUT2D eigenvalue weighted by Crippen LogP contribution is 2.00. The molecule has 0 saturated carbocycles. The molecule has 0 unspecified atom stereocenters. The lowest BCUT2D eigenvalue weighted by atomic mass is 10.5. The Morgan fingerprint density at radius 2 is 2.62 bits per heavy atom. The zero-order chi connectivity index (χ0) is 5.82. The molecule has 0 amide bonds. The van der Waals surface area contributed by atoms with Crippen LogP contribution in [0, 0.1) is 6.20 Å². The van der Waals surface area contributed by atoms with Crippen LogP contribution in [0.1, 0.15) is 0 Å². The van der Waals surface area contributed by atoms with Crippen molar-refractivity contribution in [2.24, 2.45) is 0 Å². The Hall–Kier alpha value is -1.12. The molecule has 0 aliphatic rings. The molecule has 0 atom stereocenters. The quantitative estimate of drug-likeness (QED) is 0.519. The van der Waals surface area contributed by atoms with Gasteiger partial charge in [0.25, 0.3) is 0 Å². The van der Waals surface area contributed by atoms with Gasteiger partial charge in [0.15, 0.2) is 0 Å². The summed E-state index contributed by atoms with van der Waals surface area (Å²) in [5, 5.41) is 6.96. The van der Waals surface area contributed by atoms with Gasteiger partial charge in [0.2, 0.25) is 0 Å². The SMILES string of the molecule is COc1c[c]nnc1. The van der Waals surface area contributed by atoms with Gasteiger partial charge in [0.1, 0.15) is 11.9 Å². The van der Waals surface area contributed by atoms with E-state index in [4.69, 9.17) is 4.74 Å². The van der Waals surface area contributed by atoms with E-state index in [-0.39, 0.29) is 0 Å². The number of hydrogen-bond acceptors (Lipinski definition) is 3. The zero-order valence-corrected chi connectivity index (χ0v) is 4.46. The lowest BCUT2D eigenvalue weighted by Gasteiger charge is -1.91. The normalized spacial score (nSPS) is 8.62. The van der Waals surface area contributed by atoms with Gasteiger partial charge >= 0.3 is 0 Å². The molecule has 0 spiro atoms. The first kappa shape index (κ1) is 5.03. The summed E-state index contributed by atoms with van der Waals surface area (Å²) in [7, 11) is 1.57. The third kappa shape index (κ3) is 0.932. The maximum Gasteiger partial charge on any atom is 0.141 e. The second kappa shape index (κ2) is 2.26. The van der Waals surface area contributed by atoms with Crippen molar-refractivity contribution < 1.29 is 4.74 Å². The van der Waals surface area contributed by atoms with Gasteiger partial charge in [-0.1, -0.05) is 0 Å². The maximum absolute atomic E-state index is 4.78. The molecule has 8 heavy (non-hydrogen) atoms. The van der Waals surface area contributed by atoms with Crippen LogP contribution >= 0.6 is 0 Å². The molecular formula is C5H5N2O. The first-order chi connectivity index (χ1) is 3.93. The van der Waals surface area contributed by atoms with E-state index < -0.39 is 0 Å². The van der Waals surface area contributed by atoms with Crippen molar-refractivity contribution in [1.82, 2.24) is 10.2 Å². The predicted octanol–water partition coefficient (Wildman–Crippen LogP) is 0.285. The molecule has 1 heterocycles. The van der Waals surface area contributed by atoms with E-state index in [1.54, 1.807) is 13.2 Å². The Kier molecular flexibility index (Phi) is 1.42. The van der Waals surface area contributed by atoms with Gasteiger partial charge in [-0.05, 0) is 0 Å². The molecule has 3 heteroatoms. The van der Waals surface area contributed by atoms with Crippen molar-refractivity contribution >= 4 is 0 Å². The standard InChI is InChI=1S/C5H5N2O/c1-8-5-2-3-6-7-4-5/h2,4H,1H3. The summed E-state index contributed by atoms with van der Waals surface area (Å²) in [6, 6.07) is 1.62. The average molecular weight is 109 g/mol. The highest BCUT2D eigenvalue weighted by Gasteiger charge is 1.83. The summed E-state index contributed by atoms with van der Waals surface area (Å²) in [5.41, 5.74) is 0. The summed E-state index contributed by atoms with van der Waals surface area (Å²) in [4.78, 5) is 0. The first-order valence-electron chi connectivity index (χ1n) is 2.16. The van der Waals surface area contributed by atoms with Crippen LogP contribution in [0.3, 0.4) is 0 Å². The van der Waals surface area contributed by atoms with Gasteiger partial charge in [0.05, 0.1) is 13.3 Å². The molecule has 0 N–H and O–H groups in total. The van der Waals surface area contributed by atoms with Crippen molar-refractivity contribution in [3.63, 3.8) is 0 Å². The van der Waals surface area contributed by atoms with Gasteiger partial charge in [-0.15, -0.1) is 5.10 Å². The van der Waals surface area contributed by atoms with Crippen molar-refractivity contribution in [3.05, 3.63) is 18.5 Å². The summed E-state index contributed by atoms with van der Waals surface area (Å²) in [5.74, 6) is 0.681. The fourth-order valence-electron chi connectivity index (χ4n) is 0.360. The van der Waals surface area contributed by atoms with Gasteiger partial charge < -0.3 is 4.74 Å². The second-order valence-corrected chi connectivity index (χ2v) is 1.22. The Balaban J connectivity index is 2.83. The third-order valence-corrected chi connectivity index (χ3v) is 0.743. The Bertz CT molecular complexity index is 152. The van der Waals surface area contributed by atoms with E-state index in [0.717, 1.165) is 0 Å². The minimum absolute atomic E-state index is 0.681. The molecule has 1 radical (unpaired) electrons.